The minimum atomic E-state index is 0.790. The van der Waals surface area contributed by atoms with Crippen LogP contribution in [0.5, 0.6) is 0 Å². The number of thioether (sulfide) groups is 1. The smallest absolute Gasteiger partial charge is 0.256 e. The maximum Gasteiger partial charge on any atom is 0.256 e. The van der Waals surface area contributed by atoms with Crippen LogP contribution >= 0.6 is 11.8 Å². The third-order valence-corrected chi connectivity index (χ3v) is 2.77. The van der Waals surface area contributed by atoms with Gasteiger partial charge in [0.25, 0.3) is 5.22 Å². The quantitative estimate of drug-likeness (QED) is 0.583. The van der Waals surface area contributed by atoms with Crippen LogP contribution < -0.4 is 5.32 Å². The van der Waals surface area contributed by atoms with Crippen molar-refractivity contribution < 1.29 is 4.42 Å². The molecule has 4 heteroatoms. The first-order valence-electron chi connectivity index (χ1n) is 5.01. The Bertz CT molecular complexity index is 254. The molecule has 1 N–H and O–H groups in total. The summed E-state index contributed by atoms with van der Waals surface area (Å²) >= 11 is 1.67. The molecule has 1 heterocycles. The van der Waals surface area contributed by atoms with E-state index in [1.807, 2.05) is 13.8 Å². The van der Waals surface area contributed by atoms with Crippen molar-refractivity contribution in [2.75, 3.05) is 18.8 Å². The normalized spacial score (nSPS) is 10.8. The fourth-order valence-electron chi connectivity index (χ4n) is 1.02. The lowest BCUT2D eigenvalue weighted by Gasteiger charge is -1.99. The number of aromatic nitrogens is 1. The van der Waals surface area contributed by atoms with Gasteiger partial charge in [-0.25, -0.2) is 4.98 Å². The van der Waals surface area contributed by atoms with Crippen LogP contribution in [0.25, 0.3) is 0 Å². The van der Waals surface area contributed by atoms with Crippen molar-refractivity contribution >= 4 is 11.8 Å². The average Bonchev–Trinajstić information content (AvgIpc) is 2.46. The van der Waals surface area contributed by atoms with E-state index in [0.717, 1.165) is 35.5 Å². The lowest BCUT2D eigenvalue weighted by molar-refractivity contribution is 0.431. The average molecular weight is 214 g/mol. The molecular weight excluding hydrogens is 196 g/mol. The predicted octanol–water partition coefficient (Wildman–Crippen LogP) is 2.38. The largest absolute Gasteiger partial charge is 0.437 e. The first-order chi connectivity index (χ1) is 6.74. The third-order valence-electron chi connectivity index (χ3n) is 1.94. The molecule has 0 saturated heterocycles. The summed E-state index contributed by atoms with van der Waals surface area (Å²) in [6.07, 6.45) is 1.18. The van der Waals surface area contributed by atoms with Gasteiger partial charge in [0.15, 0.2) is 0 Å². The molecule has 1 aromatic rings. The van der Waals surface area contributed by atoms with Crippen LogP contribution in [0.4, 0.5) is 0 Å². The monoisotopic (exact) mass is 214 g/mol. The van der Waals surface area contributed by atoms with Crippen LogP contribution in [0.15, 0.2) is 9.64 Å². The van der Waals surface area contributed by atoms with Gasteiger partial charge < -0.3 is 9.73 Å². The van der Waals surface area contributed by atoms with Crippen molar-refractivity contribution in [3.05, 3.63) is 11.5 Å². The van der Waals surface area contributed by atoms with Gasteiger partial charge in [-0.2, -0.15) is 0 Å². The van der Waals surface area contributed by atoms with Gasteiger partial charge in [0.2, 0.25) is 0 Å². The molecule has 0 aliphatic rings. The first-order valence-corrected chi connectivity index (χ1v) is 6.00. The summed E-state index contributed by atoms with van der Waals surface area (Å²) in [4.78, 5) is 4.30. The number of aryl methyl sites for hydroxylation is 2. The Balaban J connectivity index is 2.18. The van der Waals surface area contributed by atoms with E-state index in [2.05, 4.69) is 17.2 Å². The standard InChI is InChI=1S/C10H18N2OS/c1-4-5-11-6-7-14-10-12-8(2)9(3)13-10/h11H,4-7H2,1-3H3. The number of rotatable bonds is 6. The number of oxazole rings is 1. The summed E-state index contributed by atoms with van der Waals surface area (Å²) in [5.41, 5.74) is 0.994. The molecule has 80 valence electrons. The van der Waals surface area contributed by atoms with Crippen LogP contribution in [0.2, 0.25) is 0 Å². The number of hydrogen-bond donors (Lipinski definition) is 1. The zero-order valence-corrected chi connectivity index (χ0v) is 9.91. The van der Waals surface area contributed by atoms with Crippen molar-refractivity contribution in [1.29, 1.82) is 0 Å². The lowest BCUT2D eigenvalue weighted by Crippen LogP contribution is -2.17. The maximum atomic E-state index is 5.44. The van der Waals surface area contributed by atoms with E-state index in [0.29, 0.717) is 0 Å². The summed E-state index contributed by atoms with van der Waals surface area (Å²) in [7, 11) is 0. The van der Waals surface area contributed by atoms with Crippen LogP contribution in [0.3, 0.4) is 0 Å². The summed E-state index contributed by atoms with van der Waals surface area (Å²) in [5, 5.41) is 4.13. The minimum absolute atomic E-state index is 0.790. The van der Waals surface area contributed by atoms with E-state index in [9.17, 15) is 0 Å². The summed E-state index contributed by atoms with van der Waals surface area (Å²) in [5.74, 6) is 1.94. The Morgan fingerprint density at radius 3 is 2.71 bits per heavy atom. The molecule has 3 nitrogen and oxygen atoms in total. The molecule has 1 aromatic heterocycles. The Morgan fingerprint density at radius 1 is 1.36 bits per heavy atom. The van der Waals surface area contributed by atoms with E-state index in [1.54, 1.807) is 11.8 Å². The molecule has 0 saturated carbocycles. The van der Waals surface area contributed by atoms with Gasteiger partial charge in [-0.1, -0.05) is 18.7 Å². The topological polar surface area (TPSA) is 38.1 Å². The molecular formula is C10H18N2OS. The number of nitrogens with one attached hydrogen (secondary N) is 1. The van der Waals surface area contributed by atoms with E-state index in [-0.39, 0.29) is 0 Å². The molecule has 0 aliphatic heterocycles. The summed E-state index contributed by atoms with van der Waals surface area (Å²) in [6, 6.07) is 0. The van der Waals surface area contributed by atoms with Crippen molar-refractivity contribution in [3.8, 4) is 0 Å². The highest BCUT2D eigenvalue weighted by Gasteiger charge is 2.04. The molecule has 0 atom stereocenters. The lowest BCUT2D eigenvalue weighted by atomic mass is 10.4. The van der Waals surface area contributed by atoms with Crippen molar-refractivity contribution in [3.63, 3.8) is 0 Å². The first kappa shape index (κ1) is 11.6. The zero-order chi connectivity index (χ0) is 10.4. The molecule has 0 spiro atoms. The molecule has 0 aromatic carbocycles. The molecule has 0 unspecified atom stereocenters. The van der Waals surface area contributed by atoms with E-state index >= 15 is 0 Å². The van der Waals surface area contributed by atoms with Crippen molar-refractivity contribution in [2.24, 2.45) is 0 Å². The van der Waals surface area contributed by atoms with E-state index in [4.69, 9.17) is 4.42 Å². The van der Waals surface area contributed by atoms with Gasteiger partial charge in [0.05, 0.1) is 5.69 Å². The second-order valence-corrected chi connectivity index (χ2v) is 4.27. The second-order valence-electron chi connectivity index (χ2n) is 3.22. The Kier molecular flexibility index (Phi) is 5.04. The second kappa shape index (κ2) is 6.09. The molecule has 0 bridgehead atoms. The fourth-order valence-corrected chi connectivity index (χ4v) is 1.82. The zero-order valence-electron chi connectivity index (χ0n) is 9.09. The van der Waals surface area contributed by atoms with Gasteiger partial charge in [-0.05, 0) is 26.8 Å². The highest BCUT2D eigenvalue weighted by atomic mass is 32.2. The molecule has 0 radical (unpaired) electrons. The van der Waals surface area contributed by atoms with Gasteiger partial charge in [-0.15, -0.1) is 0 Å². The highest BCUT2D eigenvalue weighted by molar-refractivity contribution is 7.99. The van der Waals surface area contributed by atoms with Crippen LogP contribution in [-0.2, 0) is 0 Å². The fraction of sp³-hybridized carbons (Fsp3) is 0.700. The molecule has 1 rings (SSSR count). The van der Waals surface area contributed by atoms with Crippen molar-refractivity contribution in [1.82, 2.24) is 10.3 Å². The molecule has 0 aliphatic carbocycles. The third kappa shape index (κ3) is 3.72. The Hall–Kier alpha value is -0.480. The van der Waals surface area contributed by atoms with Crippen LogP contribution in [0.1, 0.15) is 24.8 Å². The predicted molar refractivity (Wildman–Crippen MR) is 59.9 cm³/mol. The maximum absolute atomic E-state index is 5.44. The van der Waals surface area contributed by atoms with Crippen molar-refractivity contribution in [2.45, 2.75) is 32.4 Å². The molecule has 14 heavy (non-hydrogen) atoms. The Morgan fingerprint density at radius 2 is 2.14 bits per heavy atom. The highest BCUT2D eigenvalue weighted by Crippen LogP contribution is 2.19. The minimum Gasteiger partial charge on any atom is -0.437 e. The van der Waals surface area contributed by atoms with E-state index < -0.39 is 0 Å². The Labute approximate surface area is 89.7 Å². The molecule has 0 amide bonds. The van der Waals surface area contributed by atoms with Gasteiger partial charge in [-0.3, -0.25) is 0 Å². The molecule has 0 fully saturated rings. The van der Waals surface area contributed by atoms with Gasteiger partial charge in [0, 0.05) is 12.3 Å². The summed E-state index contributed by atoms with van der Waals surface area (Å²) < 4.78 is 5.44. The number of hydrogen-bond acceptors (Lipinski definition) is 4. The SMILES string of the molecule is CCCNCCSc1nc(C)c(C)o1. The summed E-state index contributed by atoms with van der Waals surface area (Å²) in [6.45, 7) is 8.18. The van der Waals surface area contributed by atoms with Crippen LogP contribution in [-0.4, -0.2) is 23.8 Å². The number of nitrogens with zero attached hydrogens (tertiary/aromatic N) is 1. The van der Waals surface area contributed by atoms with E-state index in [1.165, 1.54) is 6.42 Å². The van der Waals surface area contributed by atoms with Gasteiger partial charge in [0.1, 0.15) is 5.76 Å². The van der Waals surface area contributed by atoms with Gasteiger partial charge >= 0.3 is 0 Å². The van der Waals surface area contributed by atoms with Crippen LogP contribution in [0, 0.1) is 13.8 Å².